The van der Waals surface area contributed by atoms with Gasteiger partial charge in [-0.1, -0.05) is 37.3 Å². The maximum atomic E-state index is 11.5. The number of nitrogens with zero attached hydrogens (tertiary/aromatic N) is 1. The van der Waals surface area contributed by atoms with E-state index in [1.807, 2.05) is 42.2 Å². The van der Waals surface area contributed by atoms with Gasteiger partial charge in [-0.25, -0.2) is 0 Å². The van der Waals surface area contributed by atoms with Gasteiger partial charge >= 0.3 is 5.97 Å². The number of hydrogen-bond acceptors (Lipinski definition) is 3. The average Bonchev–Trinajstić information content (AvgIpc) is 2.35. The number of aliphatic hydroxyl groups is 1. The van der Waals surface area contributed by atoms with Crippen LogP contribution < -0.4 is 0 Å². The lowest BCUT2D eigenvalue weighted by molar-refractivity contribution is -0.145. The van der Waals surface area contributed by atoms with E-state index in [-0.39, 0.29) is 12.0 Å². The number of carboxylic acid groups (broad SMARTS) is 1. The number of likely N-dealkylation sites (tertiary alicyclic amines) is 1. The Morgan fingerprint density at radius 2 is 2.06 bits per heavy atom. The second-order valence-electron chi connectivity index (χ2n) is 4.98. The number of piperidine rings is 1. The number of carbonyl (C=O) groups is 1. The second kappa shape index (κ2) is 5.50. The lowest BCUT2D eigenvalue weighted by Crippen LogP contribution is -2.45. The molecule has 1 fully saturated rings. The Bertz CT molecular complexity index is 407. The van der Waals surface area contributed by atoms with E-state index < -0.39 is 12.0 Å². The molecule has 1 aromatic carbocycles. The van der Waals surface area contributed by atoms with Gasteiger partial charge in [0.25, 0.3) is 0 Å². The van der Waals surface area contributed by atoms with Crippen molar-refractivity contribution in [2.75, 3.05) is 13.1 Å². The van der Waals surface area contributed by atoms with Crippen molar-refractivity contribution in [2.45, 2.75) is 25.5 Å². The van der Waals surface area contributed by atoms with Crippen LogP contribution in [0.15, 0.2) is 30.3 Å². The van der Waals surface area contributed by atoms with Gasteiger partial charge in [0.2, 0.25) is 0 Å². The van der Waals surface area contributed by atoms with Crippen molar-refractivity contribution in [3.8, 4) is 0 Å². The van der Waals surface area contributed by atoms with Crippen LogP contribution in [0.1, 0.15) is 24.9 Å². The standard InChI is InChI=1S/C14H19NO3/c1-10-9-15(8-7-12(10)16)13(14(17)18)11-5-3-2-4-6-11/h2-6,10,12-13,16H,7-9H2,1H3,(H,17,18). The molecule has 2 N–H and O–H groups in total. The van der Waals surface area contributed by atoms with Crippen LogP contribution in [0.25, 0.3) is 0 Å². The van der Waals surface area contributed by atoms with Gasteiger partial charge in [0.1, 0.15) is 6.04 Å². The second-order valence-corrected chi connectivity index (χ2v) is 4.98. The average molecular weight is 249 g/mol. The summed E-state index contributed by atoms with van der Waals surface area (Å²) in [4.78, 5) is 13.4. The largest absolute Gasteiger partial charge is 0.480 e. The van der Waals surface area contributed by atoms with Crippen LogP contribution in [-0.2, 0) is 4.79 Å². The van der Waals surface area contributed by atoms with Gasteiger partial charge in [0, 0.05) is 13.1 Å². The van der Waals surface area contributed by atoms with Crippen LogP contribution in [0.3, 0.4) is 0 Å². The van der Waals surface area contributed by atoms with Crippen molar-refractivity contribution in [3.05, 3.63) is 35.9 Å². The minimum atomic E-state index is -0.829. The molecule has 3 unspecified atom stereocenters. The summed E-state index contributed by atoms with van der Waals surface area (Å²) < 4.78 is 0. The Morgan fingerprint density at radius 3 is 2.61 bits per heavy atom. The SMILES string of the molecule is CC1CN(C(C(=O)O)c2ccccc2)CCC1O. The molecule has 1 saturated heterocycles. The van der Waals surface area contributed by atoms with Gasteiger partial charge < -0.3 is 10.2 Å². The molecule has 3 atom stereocenters. The fourth-order valence-corrected chi connectivity index (χ4v) is 2.54. The molecule has 1 heterocycles. The summed E-state index contributed by atoms with van der Waals surface area (Å²) in [6.07, 6.45) is 0.323. The molecule has 98 valence electrons. The third-order valence-electron chi connectivity index (χ3n) is 3.61. The zero-order valence-corrected chi connectivity index (χ0v) is 10.5. The van der Waals surface area contributed by atoms with E-state index >= 15 is 0 Å². The van der Waals surface area contributed by atoms with Gasteiger partial charge in [-0.2, -0.15) is 0 Å². The van der Waals surface area contributed by atoms with Crippen molar-refractivity contribution in [1.82, 2.24) is 4.90 Å². The van der Waals surface area contributed by atoms with E-state index in [1.165, 1.54) is 0 Å². The highest BCUT2D eigenvalue weighted by molar-refractivity contribution is 5.75. The minimum absolute atomic E-state index is 0.115. The summed E-state index contributed by atoms with van der Waals surface area (Å²) in [5.74, 6) is -0.714. The third kappa shape index (κ3) is 2.71. The number of benzene rings is 1. The Morgan fingerprint density at radius 1 is 1.39 bits per heavy atom. The molecule has 1 aromatic rings. The molecule has 4 heteroatoms. The summed E-state index contributed by atoms with van der Waals surface area (Å²) in [6.45, 7) is 3.20. The predicted octanol–water partition coefficient (Wildman–Crippen LogP) is 1.52. The molecule has 0 bridgehead atoms. The van der Waals surface area contributed by atoms with E-state index in [9.17, 15) is 15.0 Å². The smallest absolute Gasteiger partial charge is 0.325 e. The quantitative estimate of drug-likeness (QED) is 0.852. The molecule has 18 heavy (non-hydrogen) atoms. The van der Waals surface area contributed by atoms with Gasteiger partial charge in [-0.05, 0) is 17.9 Å². The zero-order chi connectivity index (χ0) is 13.1. The highest BCUT2D eigenvalue weighted by atomic mass is 16.4. The van der Waals surface area contributed by atoms with E-state index in [4.69, 9.17) is 0 Å². The Hall–Kier alpha value is -1.39. The lowest BCUT2D eigenvalue weighted by atomic mass is 9.94. The normalized spacial score (nSPS) is 26.8. The van der Waals surface area contributed by atoms with E-state index in [1.54, 1.807) is 0 Å². The van der Waals surface area contributed by atoms with Crippen LogP contribution in [0.4, 0.5) is 0 Å². The Kier molecular flexibility index (Phi) is 3.99. The minimum Gasteiger partial charge on any atom is -0.480 e. The molecule has 0 radical (unpaired) electrons. The Labute approximate surface area is 107 Å². The van der Waals surface area contributed by atoms with Crippen LogP contribution in [-0.4, -0.2) is 40.3 Å². The topological polar surface area (TPSA) is 60.8 Å². The lowest BCUT2D eigenvalue weighted by Gasteiger charge is -2.37. The summed E-state index contributed by atoms with van der Waals surface area (Å²) in [5, 5.41) is 19.1. The van der Waals surface area contributed by atoms with Crippen LogP contribution in [0, 0.1) is 5.92 Å². The van der Waals surface area contributed by atoms with E-state index in [0.29, 0.717) is 19.5 Å². The maximum Gasteiger partial charge on any atom is 0.325 e. The van der Waals surface area contributed by atoms with E-state index in [0.717, 1.165) is 5.56 Å². The summed E-state index contributed by atoms with van der Waals surface area (Å²) >= 11 is 0. The number of rotatable bonds is 3. The molecular formula is C14H19NO3. The molecule has 2 rings (SSSR count). The van der Waals surface area contributed by atoms with Gasteiger partial charge in [0.15, 0.2) is 0 Å². The zero-order valence-electron chi connectivity index (χ0n) is 10.5. The summed E-state index contributed by atoms with van der Waals surface area (Å²) in [7, 11) is 0. The maximum absolute atomic E-state index is 11.5. The summed E-state index contributed by atoms with van der Waals surface area (Å²) in [6, 6.07) is 8.66. The molecule has 0 aliphatic carbocycles. The molecule has 1 aliphatic rings. The number of aliphatic hydroxyl groups excluding tert-OH is 1. The van der Waals surface area contributed by atoms with E-state index in [2.05, 4.69) is 0 Å². The fraction of sp³-hybridized carbons (Fsp3) is 0.500. The first-order chi connectivity index (χ1) is 8.59. The van der Waals surface area contributed by atoms with Crippen molar-refractivity contribution in [3.63, 3.8) is 0 Å². The molecule has 0 saturated carbocycles. The molecule has 0 amide bonds. The highest BCUT2D eigenvalue weighted by Crippen LogP contribution is 2.27. The Balaban J connectivity index is 2.19. The van der Waals surface area contributed by atoms with Gasteiger partial charge in [0.05, 0.1) is 6.10 Å². The van der Waals surface area contributed by atoms with Crippen LogP contribution >= 0.6 is 0 Å². The van der Waals surface area contributed by atoms with Crippen molar-refractivity contribution < 1.29 is 15.0 Å². The van der Waals surface area contributed by atoms with Crippen molar-refractivity contribution in [2.24, 2.45) is 5.92 Å². The number of carboxylic acids is 1. The molecule has 4 nitrogen and oxygen atoms in total. The van der Waals surface area contributed by atoms with Gasteiger partial charge in [-0.15, -0.1) is 0 Å². The first-order valence-electron chi connectivity index (χ1n) is 6.29. The van der Waals surface area contributed by atoms with Crippen LogP contribution in [0.2, 0.25) is 0 Å². The molecular weight excluding hydrogens is 230 g/mol. The van der Waals surface area contributed by atoms with Crippen molar-refractivity contribution >= 4 is 5.97 Å². The first-order valence-corrected chi connectivity index (χ1v) is 6.29. The van der Waals surface area contributed by atoms with Gasteiger partial charge in [-0.3, -0.25) is 9.69 Å². The highest BCUT2D eigenvalue weighted by Gasteiger charge is 2.33. The predicted molar refractivity (Wildman–Crippen MR) is 68.2 cm³/mol. The number of hydrogen-bond donors (Lipinski definition) is 2. The fourth-order valence-electron chi connectivity index (χ4n) is 2.54. The monoisotopic (exact) mass is 249 g/mol. The molecule has 0 spiro atoms. The third-order valence-corrected chi connectivity index (χ3v) is 3.61. The first kappa shape index (κ1) is 13.1. The van der Waals surface area contributed by atoms with Crippen LogP contribution in [0.5, 0.6) is 0 Å². The van der Waals surface area contributed by atoms with Crippen molar-refractivity contribution in [1.29, 1.82) is 0 Å². The summed E-state index contributed by atoms with van der Waals surface area (Å²) in [5.41, 5.74) is 0.800. The molecule has 0 aromatic heterocycles. The molecule has 1 aliphatic heterocycles. The number of aliphatic carboxylic acids is 1.